The SMILES string of the molecule is C[Si](C)(C)c1c(F)cc(CC(=O)[C@H]2c3ccc(OCC(F)F)cc3CCN2C(=O)CCC(=O)O)cc1F. The third-order valence-corrected chi connectivity index (χ3v) is 8.10. The Morgan fingerprint density at radius 2 is 1.73 bits per heavy atom. The summed E-state index contributed by atoms with van der Waals surface area (Å²) >= 11 is 0. The molecule has 0 fully saturated rings. The normalized spacial score (nSPS) is 15.5. The Labute approximate surface area is 213 Å². The second kappa shape index (κ2) is 11.5. The number of ether oxygens (including phenoxy) is 1. The lowest BCUT2D eigenvalue weighted by Gasteiger charge is -2.37. The lowest BCUT2D eigenvalue weighted by atomic mass is 9.87. The molecular weight excluding hydrogens is 510 g/mol. The summed E-state index contributed by atoms with van der Waals surface area (Å²) in [5.41, 5.74) is 1.16. The number of amides is 1. The van der Waals surface area contributed by atoms with E-state index in [1.807, 2.05) is 0 Å². The summed E-state index contributed by atoms with van der Waals surface area (Å²) in [4.78, 5) is 38.6. The Hall–Kier alpha value is -3.21. The number of rotatable bonds is 10. The van der Waals surface area contributed by atoms with Gasteiger partial charge in [0.2, 0.25) is 5.91 Å². The van der Waals surface area contributed by atoms with E-state index in [1.165, 1.54) is 23.1 Å². The van der Waals surface area contributed by atoms with Gasteiger partial charge in [-0.1, -0.05) is 25.7 Å². The molecule has 0 bridgehead atoms. The van der Waals surface area contributed by atoms with Crippen LogP contribution in [0.5, 0.6) is 5.75 Å². The van der Waals surface area contributed by atoms with Gasteiger partial charge in [-0.25, -0.2) is 17.6 Å². The number of carbonyl (C=O) groups excluding carboxylic acids is 2. The highest BCUT2D eigenvalue weighted by Crippen LogP contribution is 2.34. The second-order valence-corrected chi connectivity index (χ2v) is 15.0. The van der Waals surface area contributed by atoms with Crippen LogP contribution in [0.3, 0.4) is 0 Å². The average molecular weight is 540 g/mol. The molecule has 0 radical (unpaired) electrons. The van der Waals surface area contributed by atoms with Crippen LogP contribution in [0.15, 0.2) is 30.3 Å². The highest BCUT2D eigenvalue weighted by Gasteiger charge is 2.36. The third-order valence-electron chi connectivity index (χ3n) is 6.13. The number of fused-ring (bicyclic) bond motifs is 1. The van der Waals surface area contributed by atoms with Crippen LogP contribution in [0.4, 0.5) is 17.6 Å². The first kappa shape index (κ1) is 28.4. The number of aliphatic carboxylic acids is 1. The highest BCUT2D eigenvalue weighted by atomic mass is 28.3. The van der Waals surface area contributed by atoms with E-state index in [9.17, 15) is 31.9 Å². The van der Waals surface area contributed by atoms with Crippen LogP contribution in [0.25, 0.3) is 0 Å². The van der Waals surface area contributed by atoms with Crippen LogP contribution < -0.4 is 9.92 Å². The number of Topliss-reactive ketones (excluding diaryl/α,β-unsaturated/α-hetero) is 1. The maximum absolute atomic E-state index is 14.8. The number of halogens is 4. The van der Waals surface area contributed by atoms with Crippen LogP contribution in [0.2, 0.25) is 19.6 Å². The molecule has 37 heavy (non-hydrogen) atoms. The van der Waals surface area contributed by atoms with Crippen LogP contribution in [-0.4, -0.2) is 55.3 Å². The number of ketones is 1. The quantitative estimate of drug-likeness (QED) is 0.361. The molecule has 1 amide bonds. The molecule has 2 aromatic rings. The van der Waals surface area contributed by atoms with Crippen molar-refractivity contribution in [1.82, 2.24) is 4.90 Å². The molecule has 0 unspecified atom stereocenters. The number of nitrogens with zero attached hydrogens (tertiary/aromatic N) is 1. The fraction of sp³-hybridized carbons (Fsp3) is 0.423. The first-order valence-corrected chi connectivity index (χ1v) is 15.3. The van der Waals surface area contributed by atoms with Gasteiger partial charge in [-0.15, -0.1) is 0 Å². The van der Waals surface area contributed by atoms with Crippen LogP contribution in [0, 0.1) is 11.6 Å². The van der Waals surface area contributed by atoms with Crippen molar-refractivity contribution in [2.75, 3.05) is 13.2 Å². The molecule has 1 atom stereocenters. The van der Waals surface area contributed by atoms with E-state index >= 15 is 0 Å². The molecule has 1 heterocycles. The van der Waals surface area contributed by atoms with E-state index < -0.39 is 62.9 Å². The summed E-state index contributed by atoms with van der Waals surface area (Å²) in [5.74, 6) is -3.48. The molecule has 1 aliphatic rings. The number of carboxylic acids is 1. The zero-order valence-corrected chi connectivity index (χ0v) is 21.8. The van der Waals surface area contributed by atoms with Gasteiger partial charge in [-0.3, -0.25) is 14.4 Å². The maximum atomic E-state index is 14.8. The summed E-state index contributed by atoms with van der Waals surface area (Å²) in [6, 6.07) is 5.59. The molecule has 6 nitrogen and oxygen atoms in total. The van der Waals surface area contributed by atoms with E-state index in [2.05, 4.69) is 0 Å². The predicted molar refractivity (Wildman–Crippen MR) is 131 cm³/mol. The number of hydrogen-bond acceptors (Lipinski definition) is 4. The molecule has 0 aliphatic carbocycles. The first-order chi connectivity index (χ1) is 17.3. The van der Waals surface area contributed by atoms with Crippen molar-refractivity contribution in [2.24, 2.45) is 0 Å². The summed E-state index contributed by atoms with van der Waals surface area (Å²) in [5, 5.41) is 9.00. The Morgan fingerprint density at radius 1 is 1.08 bits per heavy atom. The van der Waals surface area contributed by atoms with Crippen molar-refractivity contribution in [3.63, 3.8) is 0 Å². The average Bonchev–Trinajstić information content (AvgIpc) is 2.78. The zero-order chi connectivity index (χ0) is 27.5. The van der Waals surface area contributed by atoms with Crippen molar-refractivity contribution in [2.45, 2.75) is 57.8 Å². The fourth-order valence-electron chi connectivity index (χ4n) is 4.57. The lowest BCUT2D eigenvalue weighted by Crippen LogP contribution is -2.44. The molecule has 0 aromatic heterocycles. The highest BCUT2D eigenvalue weighted by molar-refractivity contribution is 6.88. The molecule has 11 heteroatoms. The molecule has 200 valence electrons. The van der Waals surface area contributed by atoms with Crippen LogP contribution >= 0.6 is 0 Å². The third kappa shape index (κ3) is 6.97. The molecule has 0 saturated heterocycles. The largest absolute Gasteiger partial charge is 0.488 e. The molecular formula is C26H29F4NO5Si. The number of benzene rings is 2. The van der Waals surface area contributed by atoms with Gasteiger partial charge in [-0.05, 0) is 47.4 Å². The lowest BCUT2D eigenvalue weighted by molar-refractivity contribution is -0.144. The van der Waals surface area contributed by atoms with Crippen molar-refractivity contribution in [3.8, 4) is 5.75 Å². The van der Waals surface area contributed by atoms with Gasteiger partial charge in [0.25, 0.3) is 6.43 Å². The summed E-state index contributed by atoms with van der Waals surface area (Å²) in [7, 11) is -2.32. The number of alkyl halides is 2. The van der Waals surface area contributed by atoms with Gasteiger partial charge in [0.1, 0.15) is 30.0 Å². The predicted octanol–water partition coefficient (Wildman–Crippen LogP) is 4.26. The minimum Gasteiger partial charge on any atom is -0.488 e. The maximum Gasteiger partial charge on any atom is 0.303 e. The van der Waals surface area contributed by atoms with Crippen LogP contribution in [0.1, 0.15) is 35.6 Å². The Balaban J connectivity index is 1.95. The minimum atomic E-state index is -2.67. The monoisotopic (exact) mass is 539 g/mol. The van der Waals surface area contributed by atoms with Gasteiger partial charge < -0.3 is 14.7 Å². The van der Waals surface area contributed by atoms with Gasteiger partial charge in [0.05, 0.1) is 14.5 Å². The standard InChI is InChI=1S/C26H29F4NO5Si/c1-37(2,3)26-19(27)10-15(11-20(26)28)12-21(32)25-18-5-4-17(36-14-22(29)30)13-16(18)8-9-31(25)23(33)6-7-24(34)35/h4-5,10-11,13,22,25H,6-9,12,14H2,1-3H3,(H,34,35)/t25-/m1/s1. The van der Waals surface area contributed by atoms with Gasteiger partial charge >= 0.3 is 5.97 Å². The number of hydrogen-bond donors (Lipinski definition) is 1. The van der Waals surface area contributed by atoms with Gasteiger partial charge in [-0.2, -0.15) is 0 Å². The minimum absolute atomic E-state index is 0.0357. The van der Waals surface area contributed by atoms with Crippen molar-refractivity contribution >= 4 is 30.9 Å². The summed E-state index contributed by atoms with van der Waals surface area (Å²) in [6.07, 6.45) is -3.48. The smallest absolute Gasteiger partial charge is 0.303 e. The molecule has 3 rings (SSSR count). The molecule has 2 aromatic carbocycles. The Bertz CT molecular complexity index is 1170. The van der Waals surface area contributed by atoms with E-state index in [-0.39, 0.29) is 42.3 Å². The molecule has 0 saturated carbocycles. The van der Waals surface area contributed by atoms with E-state index in [0.29, 0.717) is 11.1 Å². The van der Waals surface area contributed by atoms with Crippen molar-refractivity contribution in [3.05, 3.63) is 58.7 Å². The van der Waals surface area contributed by atoms with Gasteiger partial charge in [0.15, 0.2) is 5.78 Å². The summed E-state index contributed by atoms with van der Waals surface area (Å²) < 4.78 is 59.7. The Kier molecular flexibility index (Phi) is 8.78. The number of carbonyl (C=O) groups is 3. The van der Waals surface area contributed by atoms with Crippen molar-refractivity contribution < 1.29 is 41.8 Å². The Morgan fingerprint density at radius 3 is 2.30 bits per heavy atom. The topological polar surface area (TPSA) is 83.9 Å². The molecule has 1 N–H and O–H groups in total. The summed E-state index contributed by atoms with van der Waals surface area (Å²) in [6.45, 7) is 4.69. The van der Waals surface area contributed by atoms with Crippen LogP contribution in [-0.2, 0) is 27.2 Å². The van der Waals surface area contributed by atoms with E-state index in [1.54, 1.807) is 19.6 Å². The van der Waals surface area contributed by atoms with E-state index in [0.717, 1.165) is 12.1 Å². The van der Waals surface area contributed by atoms with Gasteiger partial charge in [0, 0.05) is 24.6 Å². The fourth-order valence-corrected chi connectivity index (χ4v) is 6.15. The molecule has 1 aliphatic heterocycles. The van der Waals surface area contributed by atoms with E-state index in [4.69, 9.17) is 9.84 Å². The number of carboxylic acid groups (broad SMARTS) is 1. The second-order valence-electron chi connectivity index (χ2n) is 10.0. The first-order valence-electron chi connectivity index (χ1n) is 11.8. The van der Waals surface area contributed by atoms with Crippen molar-refractivity contribution in [1.29, 1.82) is 0 Å². The molecule has 0 spiro atoms. The zero-order valence-electron chi connectivity index (χ0n) is 20.8.